The maximum atomic E-state index is 6.00. The predicted molar refractivity (Wildman–Crippen MR) is 155 cm³/mol. The lowest BCUT2D eigenvalue weighted by Crippen LogP contribution is -2.66. The Morgan fingerprint density at radius 1 is 1.05 bits per heavy atom. The van der Waals surface area contributed by atoms with E-state index in [0.717, 1.165) is 66.9 Å². The molecule has 3 aliphatic rings. The molecular formula is C31H42N6O3. The van der Waals surface area contributed by atoms with Crippen LogP contribution in [0.3, 0.4) is 0 Å². The second kappa shape index (κ2) is 11.1. The van der Waals surface area contributed by atoms with Gasteiger partial charge in [0.25, 0.3) is 0 Å². The van der Waals surface area contributed by atoms with Crippen molar-refractivity contribution in [1.29, 1.82) is 0 Å². The average molecular weight is 547 g/mol. The van der Waals surface area contributed by atoms with E-state index in [4.69, 9.17) is 14.2 Å². The van der Waals surface area contributed by atoms with E-state index in [0.29, 0.717) is 11.8 Å². The molecule has 3 aromatic rings. The molecule has 3 unspecified atom stereocenters. The number of aromatic nitrogens is 4. The van der Waals surface area contributed by atoms with Crippen LogP contribution >= 0.6 is 0 Å². The third-order valence-corrected chi connectivity index (χ3v) is 8.97. The van der Waals surface area contributed by atoms with Crippen molar-refractivity contribution in [2.45, 2.75) is 88.6 Å². The highest BCUT2D eigenvalue weighted by Gasteiger charge is 2.46. The van der Waals surface area contributed by atoms with E-state index >= 15 is 0 Å². The van der Waals surface area contributed by atoms with Gasteiger partial charge in [-0.15, -0.1) is 10.2 Å². The largest absolute Gasteiger partial charge is 0.467 e. The smallest absolute Gasteiger partial charge is 0.188 e. The molecule has 3 fully saturated rings. The summed E-state index contributed by atoms with van der Waals surface area (Å²) in [4.78, 5) is 2.32. The van der Waals surface area contributed by atoms with Gasteiger partial charge in [-0.05, 0) is 95.0 Å². The standard InChI is InChI=1S/C31H42N6O3/c1-30-13-7-14-31(2,35-30)18-24(17-30)36(3)28-12-11-26(33-34-28)25-10-9-22(16-27(25)40-21-38-4)23-19-32-37(20-23)29-8-5-6-15-39-29/h9-12,16,19-20,24,29,35H,5-8,13-15,17-18,21H2,1-4H3. The van der Waals surface area contributed by atoms with E-state index in [1.165, 1.54) is 19.3 Å². The number of nitrogens with one attached hydrogen (secondary N) is 1. The topological polar surface area (TPSA) is 86.6 Å². The zero-order valence-electron chi connectivity index (χ0n) is 24.2. The molecule has 3 atom stereocenters. The normalized spacial score (nSPS) is 28.3. The van der Waals surface area contributed by atoms with Gasteiger partial charge in [-0.3, -0.25) is 0 Å². The van der Waals surface area contributed by atoms with E-state index < -0.39 is 0 Å². The SMILES string of the molecule is COCOc1cc(-c2cnn(C3CCCCO3)c2)ccc1-c1ccc(N(C)C2CC3(C)CCCC(C)(C2)N3)nn1. The van der Waals surface area contributed by atoms with Crippen LogP contribution in [-0.2, 0) is 9.47 Å². The maximum Gasteiger partial charge on any atom is 0.188 e. The van der Waals surface area contributed by atoms with Crippen LogP contribution in [0.15, 0.2) is 42.7 Å². The molecule has 0 amide bonds. The van der Waals surface area contributed by atoms with Crippen LogP contribution in [-0.4, -0.2) is 64.7 Å². The summed E-state index contributed by atoms with van der Waals surface area (Å²) in [6.45, 7) is 5.68. The van der Waals surface area contributed by atoms with Crippen molar-refractivity contribution in [3.63, 3.8) is 0 Å². The summed E-state index contributed by atoms with van der Waals surface area (Å²) >= 11 is 0. The van der Waals surface area contributed by atoms with Crippen molar-refractivity contribution >= 4 is 5.82 Å². The highest BCUT2D eigenvalue weighted by molar-refractivity contribution is 5.74. The molecule has 3 saturated heterocycles. The predicted octanol–water partition coefficient (Wildman–Crippen LogP) is 5.58. The van der Waals surface area contributed by atoms with Gasteiger partial charge in [0.05, 0.1) is 11.9 Å². The molecule has 6 rings (SSSR count). The van der Waals surface area contributed by atoms with E-state index in [-0.39, 0.29) is 24.1 Å². The lowest BCUT2D eigenvalue weighted by Gasteiger charge is -2.55. The van der Waals surface area contributed by atoms with Crippen molar-refractivity contribution in [3.05, 3.63) is 42.7 Å². The molecule has 1 N–H and O–H groups in total. The Bertz CT molecular complexity index is 1290. The molecule has 40 heavy (non-hydrogen) atoms. The van der Waals surface area contributed by atoms with Gasteiger partial charge in [0.1, 0.15) is 12.0 Å². The zero-order chi connectivity index (χ0) is 27.7. The highest BCUT2D eigenvalue weighted by atomic mass is 16.7. The average Bonchev–Trinajstić information content (AvgIpc) is 3.46. The van der Waals surface area contributed by atoms with Crippen molar-refractivity contribution < 1.29 is 14.2 Å². The fourth-order valence-electron chi connectivity index (χ4n) is 6.99. The number of nitrogens with zero attached hydrogens (tertiary/aromatic N) is 5. The minimum absolute atomic E-state index is 0.00750. The van der Waals surface area contributed by atoms with Gasteiger partial charge in [-0.25, -0.2) is 4.68 Å². The van der Waals surface area contributed by atoms with Crippen molar-refractivity contribution in [2.24, 2.45) is 0 Å². The number of rotatable bonds is 8. The number of ether oxygens (including phenoxy) is 3. The lowest BCUT2D eigenvalue weighted by molar-refractivity contribution is -0.0394. The molecule has 0 saturated carbocycles. The van der Waals surface area contributed by atoms with Crippen LogP contribution in [0.2, 0.25) is 0 Å². The van der Waals surface area contributed by atoms with Crippen LogP contribution in [0.4, 0.5) is 5.82 Å². The number of piperidine rings is 2. The monoisotopic (exact) mass is 546 g/mol. The Labute approximate surface area is 237 Å². The molecule has 3 aliphatic heterocycles. The minimum Gasteiger partial charge on any atom is -0.467 e. The molecule has 0 spiro atoms. The molecule has 1 aromatic carbocycles. The van der Waals surface area contributed by atoms with E-state index in [2.05, 4.69) is 58.5 Å². The Morgan fingerprint density at radius 2 is 1.88 bits per heavy atom. The summed E-state index contributed by atoms with van der Waals surface area (Å²) < 4.78 is 19.1. The summed E-state index contributed by atoms with van der Waals surface area (Å²) in [5, 5.41) is 17.8. The number of hydrogen-bond acceptors (Lipinski definition) is 8. The number of anilines is 1. The molecule has 5 heterocycles. The second-order valence-electron chi connectivity index (χ2n) is 12.3. The molecule has 0 radical (unpaired) electrons. The molecule has 2 bridgehead atoms. The first-order valence-corrected chi connectivity index (χ1v) is 14.6. The summed E-state index contributed by atoms with van der Waals surface area (Å²) in [6, 6.07) is 10.7. The van der Waals surface area contributed by atoms with Crippen LogP contribution in [0.1, 0.15) is 71.4 Å². The lowest BCUT2D eigenvalue weighted by atomic mass is 9.69. The maximum absolute atomic E-state index is 6.00. The van der Waals surface area contributed by atoms with Crippen molar-refractivity contribution in [1.82, 2.24) is 25.3 Å². The molecule has 2 aromatic heterocycles. The van der Waals surface area contributed by atoms with Gasteiger partial charge in [0, 0.05) is 55.2 Å². The van der Waals surface area contributed by atoms with Crippen molar-refractivity contribution in [3.8, 4) is 28.1 Å². The first kappa shape index (κ1) is 27.2. The Balaban J connectivity index is 1.22. The van der Waals surface area contributed by atoms with Gasteiger partial charge in [-0.1, -0.05) is 6.07 Å². The van der Waals surface area contributed by atoms with Gasteiger partial charge in [-0.2, -0.15) is 5.10 Å². The number of hydrogen-bond donors (Lipinski definition) is 1. The molecule has 214 valence electrons. The molecule has 9 nitrogen and oxygen atoms in total. The fourth-order valence-corrected chi connectivity index (χ4v) is 6.99. The number of fused-ring (bicyclic) bond motifs is 2. The third-order valence-electron chi connectivity index (χ3n) is 8.97. The molecular weight excluding hydrogens is 504 g/mol. The highest BCUT2D eigenvalue weighted by Crippen LogP contribution is 2.42. The van der Waals surface area contributed by atoms with E-state index in [1.54, 1.807) is 7.11 Å². The molecule has 0 aliphatic carbocycles. The third kappa shape index (κ3) is 5.60. The van der Waals surface area contributed by atoms with Crippen molar-refractivity contribution in [2.75, 3.05) is 32.5 Å². The summed E-state index contributed by atoms with van der Waals surface area (Å²) in [7, 11) is 3.78. The minimum atomic E-state index is 0.00750. The van der Waals surface area contributed by atoms with Gasteiger partial charge < -0.3 is 24.4 Å². The van der Waals surface area contributed by atoms with Gasteiger partial charge in [0.15, 0.2) is 12.6 Å². The number of benzene rings is 1. The Hall–Kier alpha value is -3.01. The van der Waals surface area contributed by atoms with Gasteiger partial charge in [0.2, 0.25) is 0 Å². The van der Waals surface area contributed by atoms with E-state index in [1.807, 2.05) is 35.3 Å². The van der Waals surface area contributed by atoms with Crippen LogP contribution in [0.5, 0.6) is 5.75 Å². The van der Waals surface area contributed by atoms with Crippen LogP contribution in [0.25, 0.3) is 22.4 Å². The quantitative estimate of drug-likeness (QED) is 0.367. The number of methoxy groups -OCH3 is 1. The van der Waals surface area contributed by atoms with E-state index in [9.17, 15) is 0 Å². The summed E-state index contributed by atoms with van der Waals surface area (Å²) in [5.41, 5.74) is 4.04. The summed E-state index contributed by atoms with van der Waals surface area (Å²) in [5.74, 6) is 1.60. The zero-order valence-corrected chi connectivity index (χ0v) is 24.2. The second-order valence-corrected chi connectivity index (χ2v) is 12.3. The van der Waals surface area contributed by atoms with Gasteiger partial charge >= 0.3 is 0 Å². The first-order chi connectivity index (χ1) is 19.3. The first-order valence-electron chi connectivity index (χ1n) is 14.6. The summed E-state index contributed by atoms with van der Waals surface area (Å²) in [6.07, 6.45) is 13.2. The Kier molecular flexibility index (Phi) is 7.54. The fraction of sp³-hybridized carbons (Fsp3) is 0.581. The Morgan fingerprint density at radius 3 is 2.58 bits per heavy atom. The van der Waals surface area contributed by atoms with Crippen LogP contribution < -0.4 is 15.0 Å². The molecule has 9 heteroatoms. The van der Waals surface area contributed by atoms with Crippen LogP contribution in [0, 0.1) is 0 Å².